The molecule has 0 aromatic heterocycles. The van der Waals surface area contributed by atoms with Crippen molar-refractivity contribution in [2.24, 2.45) is 5.92 Å². The van der Waals surface area contributed by atoms with Crippen molar-refractivity contribution >= 4 is 44.9 Å². The SMILES string of the molecule is COc1ccc(S(=O)(=O)N(C)C[C@@H]2Oc3ccc(NC(=O)Nc4ccc(F)cc4)cc3CC(=O)N([C@@H](C)CO)C[C@@H]2C)cc1Cl. The molecule has 0 spiro atoms. The van der Waals surface area contributed by atoms with E-state index in [2.05, 4.69) is 10.6 Å². The number of fused-ring (bicyclic) bond motifs is 1. The number of rotatable bonds is 9. The smallest absolute Gasteiger partial charge is 0.323 e. The highest BCUT2D eigenvalue weighted by Crippen LogP contribution is 2.31. The lowest BCUT2D eigenvalue weighted by Crippen LogP contribution is -2.48. The summed E-state index contributed by atoms with van der Waals surface area (Å²) >= 11 is 6.20. The van der Waals surface area contributed by atoms with Gasteiger partial charge in [0, 0.05) is 36.4 Å². The standard InChI is InChI=1S/C31H36ClFN4O7S/c1-19-16-37(20(2)18-38)30(39)14-21-13-24(35-31(40)34-23-7-5-22(33)6-8-23)9-11-27(21)44-29(19)17-36(3)45(41,42)25-10-12-28(43-4)26(32)15-25/h5-13,15,19-20,29,38H,14,16-18H2,1-4H3,(H2,34,35,40)/t19-,20-,29-/m0/s1. The average Bonchev–Trinajstić information content (AvgIpc) is 3.05. The molecular formula is C31H36ClFN4O7S. The number of carbonyl (C=O) groups excluding carboxylic acids is 2. The molecule has 3 aromatic carbocycles. The van der Waals surface area contributed by atoms with Crippen LogP contribution in [-0.2, 0) is 21.2 Å². The van der Waals surface area contributed by atoms with Crippen LogP contribution in [-0.4, -0.2) is 80.7 Å². The number of likely N-dealkylation sites (N-methyl/N-ethyl adjacent to an activating group) is 1. The second-order valence-electron chi connectivity index (χ2n) is 10.9. The molecule has 14 heteroatoms. The summed E-state index contributed by atoms with van der Waals surface area (Å²) in [5.41, 5.74) is 1.21. The van der Waals surface area contributed by atoms with Crippen molar-refractivity contribution in [2.45, 2.75) is 37.3 Å². The van der Waals surface area contributed by atoms with Crippen LogP contribution in [0.2, 0.25) is 5.02 Å². The number of anilines is 2. The van der Waals surface area contributed by atoms with Gasteiger partial charge in [-0.05, 0) is 67.6 Å². The lowest BCUT2D eigenvalue weighted by Gasteiger charge is -2.34. The number of hydrogen-bond donors (Lipinski definition) is 3. The number of ether oxygens (including phenoxy) is 2. The van der Waals surface area contributed by atoms with Crippen LogP contribution >= 0.6 is 11.6 Å². The molecule has 45 heavy (non-hydrogen) atoms. The molecule has 0 bridgehead atoms. The molecule has 3 N–H and O–H groups in total. The van der Waals surface area contributed by atoms with E-state index in [1.165, 1.54) is 60.9 Å². The monoisotopic (exact) mass is 662 g/mol. The van der Waals surface area contributed by atoms with E-state index in [4.69, 9.17) is 21.1 Å². The van der Waals surface area contributed by atoms with Crippen LogP contribution < -0.4 is 20.1 Å². The van der Waals surface area contributed by atoms with Crippen molar-refractivity contribution in [3.05, 3.63) is 77.1 Å². The molecule has 3 amide bonds. The highest BCUT2D eigenvalue weighted by molar-refractivity contribution is 7.89. The highest BCUT2D eigenvalue weighted by atomic mass is 35.5. The predicted molar refractivity (Wildman–Crippen MR) is 169 cm³/mol. The van der Waals surface area contributed by atoms with Crippen molar-refractivity contribution in [2.75, 3.05) is 44.5 Å². The van der Waals surface area contributed by atoms with E-state index in [9.17, 15) is 27.5 Å². The summed E-state index contributed by atoms with van der Waals surface area (Å²) < 4.78 is 53.0. The molecule has 242 valence electrons. The van der Waals surface area contributed by atoms with E-state index >= 15 is 0 Å². The normalized spacial score (nSPS) is 17.8. The number of methoxy groups -OCH3 is 1. The summed E-state index contributed by atoms with van der Waals surface area (Å²) in [5, 5.41) is 15.4. The third-order valence-electron chi connectivity index (χ3n) is 7.54. The maximum atomic E-state index is 13.5. The Labute approximate surface area is 266 Å². The molecule has 1 aliphatic rings. The van der Waals surface area contributed by atoms with Crippen LogP contribution in [0.15, 0.2) is 65.6 Å². The Hall–Kier alpha value is -3.91. The van der Waals surface area contributed by atoms with Gasteiger partial charge in [0.2, 0.25) is 15.9 Å². The largest absolute Gasteiger partial charge is 0.495 e. The third-order valence-corrected chi connectivity index (χ3v) is 9.66. The molecule has 11 nitrogen and oxygen atoms in total. The number of carbonyl (C=O) groups is 2. The average molecular weight is 663 g/mol. The fourth-order valence-electron chi connectivity index (χ4n) is 4.89. The maximum Gasteiger partial charge on any atom is 0.323 e. The zero-order chi connectivity index (χ0) is 32.9. The Morgan fingerprint density at radius 3 is 2.47 bits per heavy atom. The predicted octanol–water partition coefficient (Wildman–Crippen LogP) is 4.60. The summed E-state index contributed by atoms with van der Waals surface area (Å²) in [6.07, 6.45) is -0.802. The number of amides is 3. The van der Waals surface area contributed by atoms with Gasteiger partial charge < -0.3 is 30.1 Å². The molecule has 4 rings (SSSR count). The van der Waals surface area contributed by atoms with E-state index in [-0.39, 0.29) is 47.9 Å². The molecular weight excluding hydrogens is 627 g/mol. The molecule has 0 unspecified atom stereocenters. The zero-order valence-electron chi connectivity index (χ0n) is 25.3. The van der Waals surface area contributed by atoms with E-state index in [1.807, 2.05) is 6.92 Å². The molecule has 1 heterocycles. The van der Waals surface area contributed by atoms with Gasteiger partial charge in [0.05, 0.1) is 42.6 Å². The van der Waals surface area contributed by atoms with Crippen LogP contribution in [0.3, 0.4) is 0 Å². The second kappa shape index (κ2) is 14.5. The summed E-state index contributed by atoms with van der Waals surface area (Å²) in [6, 6.07) is 13.2. The third kappa shape index (κ3) is 8.23. The maximum absolute atomic E-state index is 13.5. The zero-order valence-corrected chi connectivity index (χ0v) is 26.9. The number of nitrogens with one attached hydrogen (secondary N) is 2. The van der Waals surface area contributed by atoms with Crippen molar-refractivity contribution in [3.8, 4) is 11.5 Å². The number of aliphatic hydroxyl groups excluding tert-OH is 1. The lowest BCUT2D eigenvalue weighted by atomic mass is 10.0. The summed E-state index contributed by atoms with van der Waals surface area (Å²) in [7, 11) is -1.13. The Morgan fingerprint density at radius 2 is 1.82 bits per heavy atom. The number of urea groups is 1. The molecule has 0 radical (unpaired) electrons. The number of sulfonamides is 1. The number of nitrogens with zero attached hydrogens (tertiary/aromatic N) is 2. The number of hydrogen-bond acceptors (Lipinski definition) is 7. The van der Waals surface area contributed by atoms with E-state index in [1.54, 1.807) is 30.0 Å². The molecule has 0 aliphatic carbocycles. The van der Waals surface area contributed by atoms with E-state index in [0.29, 0.717) is 28.4 Å². The van der Waals surface area contributed by atoms with Gasteiger partial charge in [0.15, 0.2) is 0 Å². The Balaban J connectivity index is 1.61. The van der Waals surface area contributed by atoms with Gasteiger partial charge in [-0.3, -0.25) is 4.79 Å². The molecule has 1 aliphatic heterocycles. The molecule has 0 saturated carbocycles. The van der Waals surface area contributed by atoms with E-state index < -0.39 is 34.0 Å². The molecule has 0 saturated heterocycles. The van der Waals surface area contributed by atoms with Crippen molar-refractivity contribution in [3.63, 3.8) is 0 Å². The summed E-state index contributed by atoms with van der Waals surface area (Å²) in [6.45, 7) is 3.44. The minimum Gasteiger partial charge on any atom is -0.495 e. The Bertz CT molecular complexity index is 1640. The first-order valence-electron chi connectivity index (χ1n) is 14.2. The van der Waals surface area contributed by atoms with E-state index in [0.717, 1.165) is 0 Å². The summed E-state index contributed by atoms with van der Waals surface area (Å²) in [5.74, 6) is -0.371. The highest BCUT2D eigenvalue weighted by Gasteiger charge is 2.33. The van der Waals surface area contributed by atoms with Gasteiger partial charge in [-0.25, -0.2) is 17.6 Å². The van der Waals surface area contributed by atoms with Gasteiger partial charge in [0.1, 0.15) is 23.4 Å². The van der Waals surface area contributed by atoms with Gasteiger partial charge in [-0.2, -0.15) is 4.31 Å². The lowest BCUT2D eigenvalue weighted by molar-refractivity contribution is -0.134. The number of halogens is 2. The first-order valence-corrected chi connectivity index (χ1v) is 16.0. The summed E-state index contributed by atoms with van der Waals surface area (Å²) in [4.78, 5) is 27.6. The second-order valence-corrected chi connectivity index (χ2v) is 13.3. The first-order chi connectivity index (χ1) is 21.3. The van der Waals surface area contributed by atoms with Crippen molar-refractivity contribution < 1.29 is 37.0 Å². The number of benzene rings is 3. The Morgan fingerprint density at radius 1 is 1.16 bits per heavy atom. The fraction of sp³-hybridized carbons (Fsp3) is 0.355. The van der Waals surface area contributed by atoms with Crippen LogP contribution in [0.5, 0.6) is 11.5 Å². The van der Waals surface area contributed by atoms with Gasteiger partial charge in [0.25, 0.3) is 0 Å². The van der Waals surface area contributed by atoms with Crippen molar-refractivity contribution in [1.82, 2.24) is 9.21 Å². The van der Waals surface area contributed by atoms with Crippen LogP contribution in [0, 0.1) is 11.7 Å². The fourth-order valence-corrected chi connectivity index (χ4v) is 6.42. The number of aliphatic hydroxyl groups is 1. The molecule has 3 aromatic rings. The van der Waals surface area contributed by atoms with Crippen LogP contribution in [0.25, 0.3) is 0 Å². The first kappa shape index (κ1) is 34.0. The molecule has 0 fully saturated rings. The quantitative estimate of drug-likeness (QED) is 0.305. The minimum absolute atomic E-state index is 0.0211. The van der Waals surface area contributed by atoms with Gasteiger partial charge in [-0.1, -0.05) is 18.5 Å². The van der Waals surface area contributed by atoms with Gasteiger partial charge >= 0.3 is 6.03 Å². The molecule has 3 atom stereocenters. The van der Waals surface area contributed by atoms with Gasteiger partial charge in [-0.15, -0.1) is 0 Å². The topological polar surface area (TPSA) is 138 Å². The minimum atomic E-state index is -3.99. The van der Waals surface area contributed by atoms with Crippen LogP contribution in [0.1, 0.15) is 19.4 Å². The Kier molecular flexibility index (Phi) is 10.9. The van der Waals surface area contributed by atoms with Crippen LogP contribution in [0.4, 0.5) is 20.6 Å². The van der Waals surface area contributed by atoms with Crippen molar-refractivity contribution in [1.29, 1.82) is 0 Å².